The van der Waals surface area contributed by atoms with E-state index >= 15 is 0 Å². The molecule has 0 saturated carbocycles. The molecule has 0 bridgehead atoms. The van der Waals surface area contributed by atoms with Gasteiger partial charge in [-0.15, -0.1) is 0 Å². The summed E-state index contributed by atoms with van der Waals surface area (Å²) in [5, 5.41) is 3.59. The molecule has 1 aromatic heterocycles. The second-order valence-corrected chi connectivity index (χ2v) is 3.82. The maximum absolute atomic E-state index is 12.6. The predicted octanol–water partition coefficient (Wildman–Crippen LogP) is 3.44. The molecule has 0 aliphatic carbocycles. The number of aromatic nitrogens is 2. The highest BCUT2D eigenvalue weighted by molar-refractivity contribution is 5.20. The second-order valence-electron chi connectivity index (χ2n) is 3.82. The van der Waals surface area contributed by atoms with Crippen LogP contribution >= 0.6 is 0 Å². The van der Waals surface area contributed by atoms with Gasteiger partial charge in [-0.25, -0.2) is 0 Å². The number of rotatable bonds is 3. The van der Waals surface area contributed by atoms with E-state index in [-0.39, 0.29) is 6.04 Å². The molecule has 0 radical (unpaired) electrons. The van der Waals surface area contributed by atoms with Gasteiger partial charge in [0, 0.05) is 17.8 Å². The van der Waals surface area contributed by atoms with Crippen molar-refractivity contribution in [1.82, 2.24) is 9.78 Å². The van der Waals surface area contributed by atoms with Gasteiger partial charge >= 0.3 is 6.18 Å². The molecule has 1 rings (SSSR count). The number of hydrogen-bond donors (Lipinski definition) is 0. The third-order valence-corrected chi connectivity index (χ3v) is 2.12. The number of alkyl halides is 3. The first-order valence-corrected chi connectivity index (χ1v) is 5.01. The lowest BCUT2D eigenvalue weighted by molar-refractivity contribution is -0.142. The lowest BCUT2D eigenvalue weighted by atomic mass is 10.1. The summed E-state index contributed by atoms with van der Waals surface area (Å²) in [5.41, 5.74) is -0.447. The first-order valence-electron chi connectivity index (χ1n) is 5.01. The average Bonchev–Trinajstić information content (AvgIpc) is 2.48. The molecule has 0 atom stereocenters. The number of halogens is 3. The average molecular weight is 220 g/mol. The van der Waals surface area contributed by atoms with Crippen molar-refractivity contribution in [2.45, 2.75) is 45.8 Å². The fourth-order valence-corrected chi connectivity index (χ4v) is 1.38. The Morgan fingerprint density at radius 3 is 2.40 bits per heavy atom. The van der Waals surface area contributed by atoms with Crippen LogP contribution in [-0.4, -0.2) is 9.78 Å². The Kier molecular flexibility index (Phi) is 3.42. The molecule has 2 nitrogen and oxygen atoms in total. The molecule has 1 aromatic rings. The van der Waals surface area contributed by atoms with Crippen molar-refractivity contribution in [3.63, 3.8) is 0 Å². The van der Waals surface area contributed by atoms with Crippen molar-refractivity contribution in [3.8, 4) is 0 Å². The summed E-state index contributed by atoms with van der Waals surface area (Å²) in [6.45, 7) is 5.47. The lowest BCUT2D eigenvalue weighted by Gasteiger charge is -2.05. The van der Waals surface area contributed by atoms with Gasteiger partial charge in [0.15, 0.2) is 5.69 Å². The lowest BCUT2D eigenvalue weighted by Crippen LogP contribution is -2.10. The molecule has 0 unspecified atom stereocenters. The van der Waals surface area contributed by atoms with Crippen molar-refractivity contribution < 1.29 is 13.2 Å². The zero-order chi connectivity index (χ0) is 11.6. The quantitative estimate of drug-likeness (QED) is 0.763. The van der Waals surface area contributed by atoms with Crippen LogP contribution < -0.4 is 0 Å². The summed E-state index contributed by atoms with van der Waals surface area (Å²) in [4.78, 5) is 0. The van der Waals surface area contributed by atoms with Crippen LogP contribution in [0.25, 0.3) is 0 Å². The first-order chi connectivity index (χ1) is 6.86. The maximum atomic E-state index is 12.6. The molecule has 0 aliphatic heterocycles. The molecular weight excluding hydrogens is 205 g/mol. The summed E-state index contributed by atoms with van der Waals surface area (Å²) in [7, 11) is 0. The van der Waals surface area contributed by atoms with E-state index in [0.29, 0.717) is 18.4 Å². The molecule has 0 N–H and O–H groups in total. The Bertz CT molecular complexity index is 326. The van der Waals surface area contributed by atoms with Gasteiger partial charge in [0.1, 0.15) is 0 Å². The van der Waals surface area contributed by atoms with Gasteiger partial charge in [-0.3, -0.25) is 4.68 Å². The van der Waals surface area contributed by atoms with E-state index in [1.807, 2.05) is 20.8 Å². The Morgan fingerprint density at radius 1 is 1.40 bits per heavy atom. The summed E-state index contributed by atoms with van der Waals surface area (Å²) < 4.78 is 39.1. The molecule has 1 heterocycles. The van der Waals surface area contributed by atoms with Gasteiger partial charge < -0.3 is 0 Å². The molecule has 15 heavy (non-hydrogen) atoms. The first kappa shape index (κ1) is 12.1. The summed E-state index contributed by atoms with van der Waals surface area (Å²) >= 11 is 0. The van der Waals surface area contributed by atoms with Crippen molar-refractivity contribution in [2.75, 3.05) is 0 Å². The Labute approximate surface area is 87.1 Å². The van der Waals surface area contributed by atoms with E-state index in [9.17, 15) is 13.2 Å². The van der Waals surface area contributed by atoms with Crippen LogP contribution in [0.2, 0.25) is 0 Å². The largest absolute Gasteiger partial charge is 0.435 e. The fraction of sp³-hybridized carbons (Fsp3) is 0.700. The van der Waals surface area contributed by atoms with Crippen LogP contribution in [0.5, 0.6) is 0 Å². The molecule has 86 valence electrons. The van der Waals surface area contributed by atoms with Crippen LogP contribution in [0, 0.1) is 0 Å². The SMILES string of the molecule is CCCc1cn(C(C)C)nc1C(F)(F)F. The van der Waals surface area contributed by atoms with Gasteiger partial charge in [-0.1, -0.05) is 13.3 Å². The highest BCUT2D eigenvalue weighted by atomic mass is 19.4. The third kappa shape index (κ3) is 2.73. The third-order valence-electron chi connectivity index (χ3n) is 2.12. The number of hydrogen-bond acceptors (Lipinski definition) is 1. The van der Waals surface area contributed by atoms with E-state index in [2.05, 4.69) is 5.10 Å². The van der Waals surface area contributed by atoms with Gasteiger partial charge in [0.2, 0.25) is 0 Å². The predicted molar refractivity (Wildman–Crippen MR) is 51.6 cm³/mol. The molecule has 0 spiro atoms. The van der Waals surface area contributed by atoms with E-state index < -0.39 is 11.9 Å². The van der Waals surface area contributed by atoms with Crippen molar-refractivity contribution in [1.29, 1.82) is 0 Å². The van der Waals surface area contributed by atoms with Crippen LogP contribution in [0.15, 0.2) is 6.20 Å². The van der Waals surface area contributed by atoms with Crippen LogP contribution in [0.3, 0.4) is 0 Å². The number of nitrogens with zero attached hydrogens (tertiary/aromatic N) is 2. The molecular formula is C10H15F3N2. The highest BCUT2D eigenvalue weighted by Crippen LogP contribution is 2.31. The van der Waals surface area contributed by atoms with E-state index in [1.165, 1.54) is 10.9 Å². The molecule has 0 aromatic carbocycles. The van der Waals surface area contributed by atoms with E-state index in [0.717, 1.165) is 0 Å². The number of aryl methyl sites for hydroxylation is 1. The highest BCUT2D eigenvalue weighted by Gasteiger charge is 2.36. The van der Waals surface area contributed by atoms with Gasteiger partial charge in [0.05, 0.1) is 0 Å². The minimum Gasteiger partial charge on any atom is -0.269 e. The normalized spacial score (nSPS) is 12.5. The van der Waals surface area contributed by atoms with Gasteiger partial charge in [-0.05, 0) is 20.3 Å². The van der Waals surface area contributed by atoms with E-state index in [4.69, 9.17) is 0 Å². The topological polar surface area (TPSA) is 17.8 Å². The fourth-order valence-electron chi connectivity index (χ4n) is 1.38. The molecule has 0 fully saturated rings. The molecule has 0 amide bonds. The molecule has 0 aliphatic rings. The summed E-state index contributed by atoms with van der Waals surface area (Å²) in [6.07, 6.45) is -1.74. The monoisotopic (exact) mass is 220 g/mol. The Morgan fingerprint density at radius 2 is 2.00 bits per heavy atom. The molecule has 5 heteroatoms. The van der Waals surface area contributed by atoms with Crippen LogP contribution in [0.1, 0.15) is 44.5 Å². The second kappa shape index (κ2) is 4.24. The van der Waals surface area contributed by atoms with Gasteiger partial charge in [0.25, 0.3) is 0 Å². The Hall–Kier alpha value is -1.00. The minimum atomic E-state index is -4.34. The zero-order valence-electron chi connectivity index (χ0n) is 9.10. The van der Waals surface area contributed by atoms with Crippen LogP contribution in [0.4, 0.5) is 13.2 Å². The molecule has 0 saturated heterocycles. The van der Waals surface area contributed by atoms with Crippen LogP contribution in [-0.2, 0) is 12.6 Å². The maximum Gasteiger partial charge on any atom is 0.435 e. The standard InChI is InChI=1S/C10H15F3N2/c1-4-5-8-6-15(7(2)3)14-9(8)10(11,12)13/h6-7H,4-5H2,1-3H3. The smallest absolute Gasteiger partial charge is 0.269 e. The Balaban J connectivity index is 3.12. The summed E-state index contributed by atoms with van der Waals surface area (Å²) in [6, 6.07) is -0.0447. The minimum absolute atomic E-state index is 0.0447. The van der Waals surface area contributed by atoms with Crippen molar-refractivity contribution in [2.24, 2.45) is 0 Å². The zero-order valence-corrected chi connectivity index (χ0v) is 9.10. The summed E-state index contributed by atoms with van der Waals surface area (Å²) in [5.74, 6) is 0. The van der Waals surface area contributed by atoms with Crippen molar-refractivity contribution >= 4 is 0 Å². The van der Waals surface area contributed by atoms with Crippen molar-refractivity contribution in [3.05, 3.63) is 17.5 Å². The van der Waals surface area contributed by atoms with E-state index in [1.54, 1.807) is 0 Å². The van der Waals surface area contributed by atoms with Gasteiger partial charge in [-0.2, -0.15) is 18.3 Å².